The third-order valence-corrected chi connectivity index (χ3v) is 1.98. The molecule has 0 aliphatic rings. The zero-order valence-corrected chi connectivity index (χ0v) is 8.27. The molecule has 5 heteroatoms. The lowest BCUT2D eigenvalue weighted by atomic mass is 10.3. The highest BCUT2D eigenvalue weighted by Gasteiger charge is 2.04. The standard InChI is InChI=1S/C8H8ClNO2S/c9-6-2-1-5(11)3-7(6)10-8(12)4-13/h1-3,11,13H,4H2,(H,10,12). The average molecular weight is 218 g/mol. The van der Waals surface area contributed by atoms with Gasteiger partial charge in [-0.3, -0.25) is 4.79 Å². The number of phenolic OH excluding ortho intramolecular Hbond substituents is 1. The molecule has 0 radical (unpaired) electrons. The minimum atomic E-state index is -0.268. The van der Waals surface area contributed by atoms with Crippen LogP contribution in [0.2, 0.25) is 5.02 Å². The van der Waals surface area contributed by atoms with Gasteiger partial charge in [0, 0.05) is 6.07 Å². The maximum atomic E-state index is 10.9. The van der Waals surface area contributed by atoms with Crippen LogP contribution >= 0.6 is 24.2 Å². The number of thiol groups is 1. The number of hydrogen-bond acceptors (Lipinski definition) is 3. The van der Waals surface area contributed by atoms with Gasteiger partial charge in [0.25, 0.3) is 0 Å². The SMILES string of the molecule is O=C(CS)Nc1cc(O)ccc1Cl. The number of nitrogens with one attached hydrogen (secondary N) is 1. The van der Waals surface area contributed by atoms with E-state index in [2.05, 4.69) is 17.9 Å². The molecule has 0 saturated heterocycles. The highest BCUT2D eigenvalue weighted by atomic mass is 35.5. The van der Waals surface area contributed by atoms with Crippen molar-refractivity contribution in [3.8, 4) is 5.75 Å². The molecule has 0 bridgehead atoms. The fourth-order valence-corrected chi connectivity index (χ4v) is 1.04. The number of halogens is 1. The molecule has 2 N–H and O–H groups in total. The van der Waals surface area contributed by atoms with Gasteiger partial charge in [-0.1, -0.05) is 11.6 Å². The summed E-state index contributed by atoms with van der Waals surface area (Å²) in [6.07, 6.45) is 0. The molecule has 1 rings (SSSR count). The van der Waals surface area contributed by atoms with Crippen LogP contribution in [-0.4, -0.2) is 16.8 Å². The predicted molar refractivity (Wildman–Crippen MR) is 55.6 cm³/mol. The van der Waals surface area contributed by atoms with Gasteiger partial charge in [0.2, 0.25) is 5.91 Å². The Morgan fingerprint density at radius 1 is 1.62 bits per heavy atom. The highest BCUT2D eigenvalue weighted by molar-refractivity contribution is 7.81. The summed E-state index contributed by atoms with van der Waals surface area (Å²) < 4.78 is 0. The van der Waals surface area contributed by atoms with Gasteiger partial charge in [0.1, 0.15) is 5.75 Å². The summed E-state index contributed by atoms with van der Waals surface area (Å²) in [6, 6.07) is 4.33. The second-order valence-corrected chi connectivity index (χ2v) is 3.09. The van der Waals surface area contributed by atoms with E-state index < -0.39 is 0 Å². The molecular formula is C8H8ClNO2S. The smallest absolute Gasteiger partial charge is 0.234 e. The Morgan fingerprint density at radius 3 is 2.92 bits per heavy atom. The Morgan fingerprint density at radius 2 is 2.31 bits per heavy atom. The third-order valence-electron chi connectivity index (χ3n) is 1.37. The monoisotopic (exact) mass is 217 g/mol. The lowest BCUT2D eigenvalue weighted by Crippen LogP contribution is -2.12. The van der Waals surface area contributed by atoms with Crippen molar-refractivity contribution in [2.75, 3.05) is 11.1 Å². The van der Waals surface area contributed by atoms with E-state index in [9.17, 15) is 4.79 Å². The van der Waals surface area contributed by atoms with Crippen LogP contribution in [-0.2, 0) is 4.79 Å². The van der Waals surface area contributed by atoms with Crippen LogP contribution in [0, 0.1) is 0 Å². The van der Waals surface area contributed by atoms with Crippen LogP contribution in [0.4, 0.5) is 5.69 Å². The first-order valence-electron chi connectivity index (χ1n) is 3.52. The minimum Gasteiger partial charge on any atom is -0.508 e. The molecule has 0 aromatic heterocycles. The fourth-order valence-electron chi connectivity index (χ4n) is 0.799. The van der Waals surface area contributed by atoms with Gasteiger partial charge < -0.3 is 10.4 Å². The first kappa shape index (κ1) is 10.2. The van der Waals surface area contributed by atoms with E-state index in [1.54, 1.807) is 0 Å². The number of anilines is 1. The lowest BCUT2D eigenvalue weighted by Gasteiger charge is -2.05. The van der Waals surface area contributed by atoms with Crippen LogP contribution < -0.4 is 5.32 Å². The van der Waals surface area contributed by atoms with Gasteiger partial charge in [0.05, 0.1) is 16.5 Å². The molecule has 1 aromatic rings. The van der Waals surface area contributed by atoms with Crippen molar-refractivity contribution in [3.05, 3.63) is 23.2 Å². The minimum absolute atomic E-state index is 0.0545. The summed E-state index contributed by atoms with van der Waals surface area (Å²) in [5, 5.41) is 12.0. The molecule has 1 aromatic carbocycles. The summed E-state index contributed by atoms with van der Waals surface area (Å²) in [5.74, 6) is -0.138. The van der Waals surface area contributed by atoms with Gasteiger partial charge in [-0.05, 0) is 12.1 Å². The molecule has 1 amide bonds. The average Bonchev–Trinajstić information content (AvgIpc) is 2.11. The molecule has 3 nitrogen and oxygen atoms in total. The molecular weight excluding hydrogens is 210 g/mol. The van der Waals surface area contributed by atoms with Gasteiger partial charge in [-0.15, -0.1) is 0 Å². The van der Waals surface area contributed by atoms with Gasteiger partial charge in [0.15, 0.2) is 0 Å². The largest absolute Gasteiger partial charge is 0.508 e. The van der Waals surface area contributed by atoms with Crippen molar-refractivity contribution in [2.24, 2.45) is 0 Å². The molecule has 0 saturated carbocycles. The highest BCUT2D eigenvalue weighted by Crippen LogP contribution is 2.25. The number of phenols is 1. The maximum Gasteiger partial charge on any atom is 0.234 e. The Bertz CT molecular complexity index is 330. The zero-order chi connectivity index (χ0) is 9.84. The molecule has 0 fully saturated rings. The summed E-state index contributed by atoms with van der Waals surface area (Å²) >= 11 is 9.53. The topological polar surface area (TPSA) is 49.3 Å². The van der Waals surface area contributed by atoms with E-state index in [-0.39, 0.29) is 17.4 Å². The van der Waals surface area contributed by atoms with Crippen molar-refractivity contribution in [2.45, 2.75) is 0 Å². The van der Waals surface area contributed by atoms with Crippen LogP contribution in [0.5, 0.6) is 5.75 Å². The fraction of sp³-hybridized carbons (Fsp3) is 0.125. The Kier molecular flexibility index (Phi) is 3.45. The van der Waals surface area contributed by atoms with Crippen LogP contribution in [0.1, 0.15) is 0 Å². The van der Waals surface area contributed by atoms with Crippen molar-refractivity contribution in [1.29, 1.82) is 0 Å². The van der Waals surface area contributed by atoms with Crippen LogP contribution in [0.15, 0.2) is 18.2 Å². The van der Waals surface area contributed by atoms with Crippen LogP contribution in [0.25, 0.3) is 0 Å². The Hall–Kier alpha value is -0.870. The number of carbonyl (C=O) groups excluding carboxylic acids is 1. The maximum absolute atomic E-state index is 10.9. The van der Waals surface area contributed by atoms with Crippen molar-refractivity contribution >= 4 is 35.8 Å². The van der Waals surface area contributed by atoms with Gasteiger partial charge >= 0.3 is 0 Å². The number of amides is 1. The first-order valence-corrected chi connectivity index (χ1v) is 4.53. The summed E-state index contributed by atoms with van der Waals surface area (Å²) in [7, 11) is 0. The van der Waals surface area contributed by atoms with Crippen molar-refractivity contribution in [1.82, 2.24) is 0 Å². The molecule has 0 heterocycles. The molecule has 0 aliphatic carbocycles. The van der Waals surface area contributed by atoms with Crippen molar-refractivity contribution in [3.63, 3.8) is 0 Å². The molecule has 13 heavy (non-hydrogen) atoms. The number of aromatic hydroxyl groups is 1. The first-order chi connectivity index (χ1) is 6.13. The van der Waals surface area contributed by atoms with E-state index in [4.69, 9.17) is 16.7 Å². The number of rotatable bonds is 2. The molecule has 70 valence electrons. The van der Waals surface area contributed by atoms with E-state index in [1.165, 1.54) is 18.2 Å². The van der Waals surface area contributed by atoms with Crippen LogP contribution in [0.3, 0.4) is 0 Å². The number of carbonyl (C=O) groups is 1. The number of hydrogen-bond donors (Lipinski definition) is 3. The summed E-state index contributed by atoms with van der Waals surface area (Å²) in [4.78, 5) is 10.9. The lowest BCUT2D eigenvalue weighted by molar-refractivity contribution is -0.113. The quantitative estimate of drug-likeness (QED) is 0.663. The normalized spacial score (nSPS) is 9.69. The molecule has 0 unspecified atom stereocenters. The zero-order valence-electron chi connectivity index (χ0n) is 6.62. The third kappa shape index (κ3) is 2.82. The summed E-state index contributed by atoms with van der Waals surface area (Å²) in [5.41, 5.74) is 0.390. The van der Waals surface area contributed by atoms with Gasteiger partial charge in [-0.2, -0.15) is 12.6 Å². The van der Waals surface area contributed by atoms with E-state index in [0.29, 0.717) is 10.7 Å². The Balaban J connectivity index is 2.87. The second kappa shape index (κ2) is 4.39. The van der Waals surface area contributed by atoms with E-state index in [0.717, 1.165) is 0 Å². The van der Waals surface area contributed by atoms with Gasteiger partial charge in [-0.25, -0.2) is 0 Å². The Labute approximate surface area is 86.1 Å². The second-order valence-electron chi connectivity index (χ2n) is 2.37. The molecule has 0 aliphatic heterocycles. The number of benzene rings is 1. The van der Waals surface area contributed by atoms with Crippen molar-refractivity contribution < 1.29 is 9.90 Å². The van der Waals surface area contributed by atoms with E-state index >= 15 is 0 Å². The molecule has 0 atom stereocenters. The molecule has 0 spiro atoms. The summed E-state index contributed by atoms with van der Waals surface area (Å²) in [6.45, 7) is 0. The predicted octanol–water partition coefficient (Wildman–Crippen LogP) is 1.91. The van der Waals surface area contributed by atoms with E-state index in [1.807, 2.05) is 0 Å².